The van der Waals surface area contributed by atoms with E-state index in [1.165, 1.54) is 6.07 Å². The molecule has 1 heterocycles. The second-order valence-corrected chi connectivity index (χ2v) is 3.77. The molecule has 0 bridgehead atoms. The average molecular weight is 204 g/mol. The van der Waals surface area contributed by atoms with Gasteiger partial charge < -0.3 is 5.73 Å². The van der Waals surface area contributed by atoms with Crippen LogP contribution in [0.1, 0.15) is 0 Å². The summed E-state index contributed by atoms with van der Waals surface area (Å²) in [6.45, 7) is 0. The van der Waals surface area contributed by atoms with Crippen molar-refractivity contribution < 1.29 is 0 Å². The van der Waals surface area contributed by atoms with Crippen LogP contribution in [0.4, 0.5) is 5.82 Å². The lowest BCUT2D eigenvalue weighted by molar-refractivity contribution is 1.38. The van der Waals surface area contributed by atoms with Crippen molar-refractivity contribution in [3.05, 3.63) is 45.9 Å². The largest absolute Gasteiger partial charge is 0.384 e. The minimum absolute atomic E-state index is 0.0728. The zero-order valence-corrected chi connectivity index (χ0v) is 8.12. The molecule has 3 nitrogen and oxygen atoms in total. The topological polar surface area (TPSA) is 56.0 Å². The summed E-state index contributed by atoms with van der Waals surface area (Å²) in [4.78, 5) is 15.3. The quantitative estimate of drug-likeness (QED) is 0.770. The minimum atomic E-state index is -0.0728. The Hall–Kier alpha value is -1.68. The number of hydrogen-bond acceptors (Lipinski definition) is 4. The maximum Gasteiger partial charge on any atom is 0.238 e. The molecule has 4 heteroatoms. The molecule has 0 unspecified atom stereocenters. The van der Waals surface area contributed by atoms with Crippen molar-refractivity contribution in [2.24, 2.45) is 0 Å². The molecule has 1 aromatic carbocycles. The standard InChI is InChI=1S/C10H8N2OS/c11-8-6-9(13)14-10(12-8)7-4-2-1-3-5-7/h1-6H,11H2. The maximum atomic E-state index is 11.2. The Kier molecular flexibility index (Phi) is 2.28. The zero-order chi connectivity index (χ0) is 9.97. The van der Waals surface area contributed by atoms with Crippen LogP contribution in [0.5, 0.6) is 0 Å². The summed E-state index contributed by atoms with van der Waals surface area (Å²) >= 11 is 1.10. The van der Waals surface area contributed by atoms with Gasteiger partial charge in [0, 0.05) is 11.6 Å². The normalized spacial score (nSPS) is 10.0. The Bertz CT molecular complexity index is 493. The first-order chi connectivity index (χ1) is 6.75. The van der Waals surface area contributed by atoms with Gasteiger partial charge in [0.2, 0.25) is 4.74 Å². The number of rotatable bonds is 1. The molecule has 0 fully saturated rings. The van der Waals surface area contributed by atoms with Gasteiger partial charge in [-0.2, -0.15) is 0 Å². The third-order valence-corrected chi connectivity index (χ3v) is 2.55. The Morgan fingerprint density at radius 1 is 1.21 bits per heavy atom. The number of nitrogens with two attached hydrogens (primary N) is 1. The Morgan fingerprint density at radius 2 is 1.93 bits per heavy atom. The molecule has 1 aromatic heterocycles. The van der Waals surface area contributed by atoms with Gasteiger partial charge in [0.1, 0.15) is 10.8 Å². The van der Waals surface area contributed by atoms with E-state index in [0.717, 1.165) is 16.9 Å². The van der Waals surface area contributed by atoms with E-state index in [1.54, 1.807) is 0 Å². The van der Waals surface area contributed by atoms with Gasteiger partial charge in [-0.3, -0.25) is 4.79 Å². The molecule has 0 saturated carbocycles. The summed E-state index contributed by atoms with van der Waals surface area (Å²) in [6.07, 6.45) is 0. The molecule has 2 rings (SSSR count). The van der Waals surface area contributed by atoms with Gasteiger partial charge in [0.05, 0.1) is 0 Å². The second-order valence-electron chi connectivity index (χ2n) is 2.77. The number of benzene rings is 1. The summed E-state index contributed by atoms with van der Waals surface area (Å²) in [7, 11) is 0. The van der Waals surface area contributed by atoms with Crippen molar-refractivity contribution in [3.8, 4) is 10.6 Å². The van der Waals surface area contributed by atoms with Crippen LogP contribution >= 0.6 is 11.3 Å². The van der Waals surface area contributed by atoms with Gasteiger partial charge >= 0.3 is 0 Å². The molecule has 0 aliphatic carbocycles. The summed E-state index contributed by atoms with van der Waals surface area (Å²) in [6, 6.07) is 10.8. The number of aromatic nitrogens is 1. The molecular weight excluding hydrogens is 196 g/mol. The molecule has 0 spiro atoms. The van der Waals surface area contributed by atoms with E-state index >= 15 is 0 Å². The highest BCUT2D eigenvalue weighted by Crippen LogP contribution is 2.18. The van der Waals surface area contributed by atoms with E-state index in [1.807, 2.05) is 30.3 Å². The Balaban J connectivity index is 2.58. The van der Waals surface area contributed by atoms with E-state index in [-0.39, 0.29) is 10.6 Å². The fourth-order valence-electron chi connectivity index (χ4n) is 1.12. The summed E-state index contributed by atoms with van der Waals surface area (Å²) < 4.78 is -0.0728. The third kappa shape index (κ3) is 1.80. The summed E-state index contributed by atoms with van der Waals surface area (Å²) in [5.74, 6) is 0.271. The molecule has 2 aromatic rings. The van der Waals surface area contributed by atoms with Gasteiger partial charge in [-0.05, 0) is 0 Å². The van der Waals surface area contributed by atoms with Crippen LogP contribution in [-0.2, 0) is 0 Å². The highest BCUT2D eigenvalue weighted by atomic mass is 32.1. The lowest BCUT2D eigenvalue weighted by atomic mass is 10.2. The van der Waals surface area contributed by atoms with E-state index in [2.05, 4.69) is 4.98 Å². The number of nitrogens with zero attached hydrogens (tertiary/aromatic N) is 1. The van der Waals surface area contributed by atoms with Crippen LogP contribution in [-0.4, -0.2) is 4.98 Å². The monoisotopic (exact) mass is 204 g/mol. The first kappa shape index (κ1) is 8.90. The molecule has 0 saturated heterocycles. The Morgan fingerprint density at radius 3 is 2.57 bits per heavy atom. The predicted molar refractivity (Wildman–Crippen MR) is 58.2 cm³/mol. The lowest BCUT2D eigenvalue weighted by Gasteiger charge is -1.98. The zero-order valence-electron chi connectivity index (χ0n) is 7.31. The molecule has 2 N–H and O–H groups in total. The summed E-state index contributed by atoms with van der Waals surface area (Å²) in [5.41, 5.74) is 6.41. The molecule has 0 aliphatic rings. The lowest BCUT2D eigenvalue weighted by Crippen LogP contribution is -2.00. The highest BCUT2D eigenvalue weighted by Gasteiger charge is 2.01. The second kappa shape index (κ2) is 3.59. The predicted octanol–water partition coefficient (Wildman–Crippen LogP) is 1.75. The van der Waals surface area contributed by atoms with Crippen LogP contribution < -0.4 is 10.5 Å². The number of nitrogen functional groups attached to an aromatic ring is 1. The van der Waals surface area contributed by atoms with Crippen LogP contribution in [0.25, 0.3) is 10.6 Å². The Labute approximate surface area is 84.9 Å². The summed E-state index contributed by atoms with van der Waals surface area (Å²) in [5, 5.41) is 0.663. The first-order valence-corrected chi connectivity index (χ1v) is 4.90. The van der Waals surface area contributed by atoms with Gasteiger partial charge in [0.15, 0.2) is 0 Å². The SMILES string of the molecule is Nc1cc(=O)sc(-c2ccccc2)n1. The number of anilines is 1. The number of hydrogen-bond donors (Lipinski definition) is 1. The third-order valence-electron chi connectivity index (χ3n) is 1.71. The van der Waals surface area contributed by atoms with Crippen LogP contribution in [0, 0.1) is 0 Å². The van der Waals surface area contributed by atoms with E-state index in [9.17, 15) is 4.79 Å². The van der Waals surface area contributed by atoms with Crippen LogP contribution in [0.2, 0.25) is 0 Å². The smallest absolute Gasteiger partial charge is 0.238 e. The molecule has 0 aliphatic heterocycles. The minimum Gasteiger partial charge on any atom is -0.384 e. The van der Waals surface area contributed by atoms with Crippen molar-refractivity contribution in [2.75, 3.05) is 5.73 Å². The van der Waals surface area contributed by atoms with Gasteiger partial charge in [-0.15, -0.1) is 0 Å². The average Bonchev–Trinajstić information content (AvgIpc) is 2.18. The molecule has 0 atom stereocenters. The van der Waals surface area contributed by atoms with Crippen molar-refractivity contribution in [3.63, 3.8) is 0 Å². The molecule has 14 heavy (non-hydrogen) atoms. The van der Waals surface area contributed by atoms with Crippen LogP contribution in [0.3, 0.4) is 0 Å². The highest BCUT2D eigenvalue weighted by molar-refractivity contribution is 7.12. The van der Waals surface area contributed by atoms with E-state index < -0.39 is 0 Å². The van der Waals surface area contributed by atoms with Gasteiger partial charge in [0.25, 0.3) is 0 Å². The van der Waals surface area contributed by atoms with E-state index in [0.29, 0.717) is 5.01 Å². The fraction of sp³-hybridized carbons (Fsp3) is 0. The van der Waals surface area contributed by atoms with Crippen molar-refractivity contribution >= 4 is 17.2 Å². The molecule has 0 radical (unpaired) electrons. The van der Waals surface area contributed by atoms with Gasteiger partial charge in [-0.25, -0.2) is 4.98 Å². The maximum absolute atomic E-state index is 11.2. The van der Waals surface area contributed by atoms with Crippen molar-refractivity contribution in [1.29, 1.82) is 0 Å². The van der Waals surface area contributed by atoms with Crippen molar-refractivity contribution in [1.82, 2.24) is 4.98 Å². The molecule has 0 amide bonds. The van der Waals surface area contributed by atoms with Crippen molar-refractivity contribution in [2.45, 2.75) is 0 Å². The first-order valence-electron chi connectivity index (χ1n) is 4.09. The fourth-order valence-corrected chi connectivity index (χ4v) is 1.90. The molecular formula is C10H8N2OS. The van der Waals surface area contributed by atoms with E-state index in [4.69, 9.17) is 5.73 Å². The van der Waals surface area contributed by atoms with Crippen LogP contribution in [0.15, 0.2) is 41.2 Å². The van der Waals surface area contributed by atoms with Gasteiger partial charge in [-0.1, -0.05) is 41.7 Å². The molecule has 70 valence electrons.